The Morgan fingerprint density at radius 1 is 1.47 bits per heavy atom. The molecule has 0 bridgehead atoms. The molecule has 0 amide bonds. The topological polar surface area (TPSA) is 37.5 Å². The second-order valence-corrected chi connectivity index (χ2v) is 6.56. The number of thiazole rings is 1. The highest BCUT2D eigenvalue weighted by Gasteiger charge is 2.10. The number of nitrogens with zero attached hydrogens (tertiary/aromatic N) is 2. The first-order valence-corrected chi connectivity index (χ1v) is 7.85. The van der Waals surface area contributed by atoms with E-state index >= 15 is 0 Å². The molecule has 0 spiro atoms. The van der Waals surface area contributed by atoms with Gasteiger partial charge in [0, 0.05) is 29.9 Å². The number of aliphatic hydroxyl groups is 1. The first-order chi connectivity index (χ1) is 8.15. The van der Waals surface area contributed by atoms with Gasteiger partial charge in [0.2, 0.25) is 0 Å². The molecule has 0 fully saturated rings. The maximum Gasteiger partial charge on any atom is 0.193 e. The maximum atomic E-state index is 9.91. The molecule has 2 aromatic rings. The lowest BCUT2D eigenvalue weighted by atomic mass is 10.2. The predicted octanol–water partition coefficient (Wildman–Crippen LogP) is 2.69. The SMILES string of the molecule is CC(C)CSCC(O)Cc1cn2ccsc2n1. The van der Waals surface area contributed by atoms with Crippen molar-refractivity contribution in [2.45, 2.75) is 26.4 Å². The van der Waals surface area contributed by atoms with Crippen LogP contribution in [0.4, 0.5) is 0 Å². The number of hydrogen-bond donors (Lipinski definition) is 1. The standard InChI is InChI=1S/C12H18N2OS2/c1-9(2)7-16-8-11(15)5-10-6-14-3-4-17-12(14)13-10/h3-4,6,9,11,15H,5,7-8H2,1-2H3. The van der Waals surface area contributed by atoms with Crippen molar-refractivity contribution in [3.63, 3.8) is 0 Å². The van der Waals surface area contributed by atoms with Crippen molar-refractivity contribution in [1.29, 1.82) is 0 Å². The van der Waals surface area contributed by atoms with Crippen LogP contribution in [0.25, 0.3) is 4.96 Å². The summed E-state index contributed by atoms with van der Waals surface area (Å²) in [7, 11) is 0. The van der Waals surface area contributed by atoms with E-state index in [-0.39, 0.29) is 6.10 Å². The van der Waals surface area contributed by atoms with Gasteiger partial charge in [0.15, 0.2) is 4.96 Å². The van der Waals surface area contributed by atoms with E-state index in [1.54, 1.807) is 11.3 Å². The summed E-state index contributed by atoms with van der Waals surface area (Å²) in [4.78, 5) is 5.47. The lowest BCUT2D eigenvalue weighted by molar-refractivity contribution is 0.199. The van der Waals surface area contributed by atoms with Crippen molar-refractivity contribution in [2.75, 3.05) is 11.5 Å². The van der Waals surface area contributed by atoms with Crippen LogP contribution in [0.3, 0.4) is 0 Å². The van der Waals surface area contributed by atoms with Crippen LogP contribution in [-0.2, 0) is 6.42 Å². The fraction of sp³-hybridized carbons (Fsp3) is 0.583. The summed E-state index contributed by atoms with van der Waals surface area (Å²) in [6.45, 7) is 4.39. The average molecular weight is 270 g/mol. The Bertz CT molecular complexity index is 435. The number of rotatable bonds is 6. The van der Waals surface area contributed by atoms with Crippen molar-refractivity contribution in [3.8, 4) is 0 Å². The maximum absolute atomic E-state index is 9.91. The van der Waals surface area contributed by atoms with E-state index in [0.29, 0.717) is 12.3 Å². The minimum atomic E-state index is -0.289. The lowest BCUT2D eigenvalue weighted by Crippen LogP contribution is -2.14. The first kappa shape index (κ1) is 12.9. The Hall–Kier alpha value is -0.520. The molecule has 1 atom stereocenters. The first-order valence-electron chi connectivity index (χ1n) is 5.82. The minimum absolute atomic E-state index is 0.289. The molecule has 1 unspecified atom stereocenters. The number of imidazole rings is 1. The minimum Gasteiger partial charge on any atom is -0.392 e. The zero-order valence-electron chi connectivity index (χ0n) is 10.2. The second-order valence-electron chi connectivity index (χ2n) is 4.61. The number of thioether (sulfide) groups is 1. The van der Waals surface area contributed by atoms with Gasteiger partial charge in [0.1, 0.15) is 0 Å². The zero-order chi connectivity index (χ0) is 12.3. The summed E-state index contributed by atoms with van der Waals surface area (Å²) < 4.78 is 2.01. The number of aliphatic hydroxyl groups excluding tert-OH is 1. The lowest BCUT2D eigenvalue weighted by Gasteiger charge is -2.09. The molecule has 2 rings (SSSR count). The molecule has 17 heavy (non-hydrogen) atoms. The molecule has 0 aliphatic carbocycles. The molecule has 5 heteroatoms. The Labute approximate surface area is 110 Å². The smallest absolute Gasteiger partial charge is 0.193 e. The summed E-state index contributed by atoms with van der Waals surface area (Å²) in [5.74, 6) is 2.59. The molecule has 0 aromatic carbocycles. The number of aromatic nitrogens is 2. The molecule has 0 radical (unpaired) electrons. The summed E-state index contributed by atoms with van der Waals surface area (Å²) in [5.41, 5.74) is 0.981. The molecule has 0 aliphatic rings. The molecular formula is C12H18N2OS2. The molecule has 1 N–H and O–H groups in total. The Kier molecular flexibility index (Phi) is 4.48. The van der Waals surface area contributed by atoms with Crippen LogP contribution >= 0.6 is 23.1 Å². The van der Waals surface area contributed by atoms with E-state index in [1.165, 1.54) is 0 Å². The molecule has 0 aliphatic heterocycles. The van der Waals surface area contributed by atoms with E-state index in [2.05, 4.69) is 18.8 Å². The zero-order valence-corrected chi connectivity index (χ0v) is 11.8. The van der Waals surface area contributed by atoms with Crippen molar-refractivity contribution < 1.29 is 5.11 Å². The fourth-order valence-electron chi connectivity index (χ4n) is 1.61. The van der Waals surface area contributed by atoms with E-state index in [0.717, 1.165) is 22.2 Å². The van der Waals surface area contributed by atoms with Crippen LogP contribution in [0, 0.1) is 5.92 Å². The van der Waals surface area contributed by atoms with Gasteiger partial charge in [-0.3, -0.25) is 4.40 Å². The monoisotopic (exact) mass is 270 g/mol. The molecule has 2 heterocycles. The number of fused-ring (bicyclic) bond motifs is 1. The summed E-state index contributed by atoms with van der Waals surface area (Å²) in [5, 5.41) is 11.9. The molecule has 0 saturated heterocycles. The van der Waals surface area contributed by atoms with E-state index in [4.69, 9.17) is 0 Å². The molecule has 0 saturated carbocycles. The highest BCUT2D eigenvalue weighted by molar-refractivity contribution is 7.99. The predicted molar refractivity (Wildman–Crippen MR) is 74.9 cm³/mol. The highest BCUT2D eigenvalue weighted by Crippen LogP contribution is 2.15. The largest absolute Gasteiger partial charge is 0.392 e. The van der Waals surface area contributed by atoms with Gasteiger partial charge in [-0.2, -0.15) is 11.8 Å². The second kappa shape index (κ2) is 5.89. The number of hydrogen-bond acceptors (Lipinski definition) is 4. The van der Waals surface area contributed by atoms with E-state index < -0.39 is 0 Å². The van der Waals surface area contributed by atoms with Gasteiger partial charge in [-0.1, -0.05) is 13.8 Å². The van der Waals surface area contributed by atoms with Gasteiger partial charge in [-0.05, 0) is 11.7 Å². The quantitative estimate of drug-likeness (QED) is 0.877. The normalized spacial score (nSPS) is 13.6. The van der Waals surface area contributed by atoms with Crippen molar-refractivity contribution >= 4 is 28.1 Å². The highest BCUT2D eigenvalue weighted by atomic mass is 32.2. The summed E-state index contributed by atoms with van der Waals surface area (Å²) in [6, 6.07) is 0. The fourth-order valence-corrected chi connectivity index (χ4v) is 3.33. The Balaban J connectivity index is 1.82. The molecule has 3 nitrogen and oxygen atoms in total. The Morgan fingerprint density at radius 3 is 3.00 bits per heavy atom. The molecule has 94 valence electrons. The van der Waals surface area contributed by atoms with Crippen LogP contribution in [-0.4, -0.2) is 32.1 Å². The van der Waals surface area contributed by atoms with Crippen LogP contribution in [0.15, 0.2) is 17.8 Å². The summed E-state index contributed by atoms with van der Waals surface area (Å²) >= 11 is 3.44. The van der Waals surface area contributed by atoms with Crippen LogP contribution in [0.1, 0.15) is 19.5 Å². The van der Waals surface area contributed by atoms with Crippen molar-refractivity contribution in [2.24, 2.45) is 5.92 Å². The van der Waals surface area contributed by atoms with Crippen molar-refractivity contribution in [3.05, 3.63) is 23.5 Å². The van der Waals surface area contributed by atoms with Gasteiger partial charge < -0.3 is 5.11 Å². The van der Waals surface area contributed by atoms with Crippen LogP contribution < -0.4 is 0 Å². The van der Waals surface area contributed by atoms with Crippen LogP contribution in [0.2, 0.25) is 0 Å². The average Bonchev–Trinajstić information content (AvgIpc) is 2.76. The van der Waals surface area contributed by atoms with Gasteiger partial charge >= 0.3 is 0 Å². The van der Waals surface area contributed by atoms with Crippen molar-refractivity contribution in [1.82, 2.24) is 9.38 Å². The van der Waals surface area contributed by atoms with Gasteiger partial charge in [-0.15, -0.1) is 11.3 Å². The van der Waals surface area contributed by atoms with E-state index in [9.17, 15) is 5.11 Å². The molecular weight excluding hydrogens is 252 g/mol. The van der Waals surface area contributed by atoms with Crippen LogP contribution in [0.5, 0.6) is 0 Å². The molecule has 2 aromatic heterocycles. The third-order valence-corrected chi connectivity index (χ3v) is 4.64. The van der Waals surface area contributed by atoms with Gasteiger partial charge in [0.05, 0.1) is 11.8 Å². The Morgan fingerprint density at radius 2 is 2.29 bits per heavy atom. The summed E-state index contributed by atoms with van der Waals surface area (Å²) in [6.07, 6.45) is 4.36. The van der Waals surface area contributed by atoms with Gasteiger partial charge in [0.25, 0.3) is 0 Å². The third kappa shape index (κ3) is 3.72. The van der Waals surface area contributed by atoms with Gasteiger partial charge in [-0.25, -0.2) is 4.98 Å². The van der Waals surface area contributed by atoms with E-state index in [1.807, 2.05) is 33.9 Å². The third-order valence-electron chi connectivity index (χ3n) is 2.35.